The largest absolute Gasteiger partial charge is 0.481 e. The number of fused-ring (bicyclic) bond motifs is 1. The summed E-state index contributed by atoms with van der Waals surface area (Å²) in [6.07, 6.45) is 1.60. The van der Waals surface area contributed by atoms with Crippen LogP contribution in [-0.2, 0) is 6.54 Å². The molecule has 0 aliphatic heterocycles. The Labute approximate surface area is 160 Å². The highest BCUT2D eigenvalue weighted by molar-refractivity contribution is 5.97. The van der Waals surface area contributed by atoms with Crippen molar-refractivity contribution in [2.45, 2.75) is 6.54 Å². The summed E-state index contributed by atoms with van der Waals surface area (Å²) in [4.78, 5) is 21.0. The van der Waals surface area contributed by atoms with E-state index in [0.717, 1.165) is 0 Å². The molecule has 6 nitrogen and oxygen atoms in total. The Bertz CT molecular complexity index is 1140. The van der Waals surface area contributed by atoms with E-state index in [2.05, 4.69) is 15.3 Å². The van der Waals surface area contributed by atoms with Crippen LogP contribution in [0.2, 0.25) is 0 Å². The van der Waals surface area contributed by atoms with Crippen molar-refractivity contribution in [1.82, 2.24) is 15.3 Å². The Kier molecular flexibility index (Phi) is 4.72. The van der Waals surface area contributed by atoms with Crippen molar-refractivity contribution < 1.29 is 18.3 Å². The molecule has 2 heterocycles. The molecule has 1 N–H and O–H groups in total. The summed E-state index contributed by atoms with van der Waals surface area (Å²) < 4.78 is 24.4. The van der Waals surface area contributed by atoms with Gasteiger partial charge in [-0.25, -0.2) is 14.4 Å². The number of benzene rings is 2. The van der Waals surface area contributed by atoms with Crippen LogP contribution >= 0.6 is 0 Å². The minimum atomic E-state index is -0.354. The van der Waals surface area contributed by atoms with Crippen LogP contribution in [0.5, 0.6) is 5.88 Å². The van der Waals surface area contributed by atoms with Crippen LogP contribution in [0.15, 0.2) is 65.2 Å². The van der Waals surface area contributed by atoms with E-state index >= 15 is 0 Å². The maximum atomic E-state index is 13.7. The highest BCUT2D eigenvalue weighted by Gasteiger charge is 2.13. The molecule has 0 aliphatic carbocycles. The average molecular weight is 377 g/mol. The van der Waals surface area contributed by atoms with Gasteiger partial charge in [-0.2, -0.15) is 0 Å². The van der Waals surface area contributed by atoms with Gasteiger partial charge in [-0.05, 0) is 30.3 Å². The summed E-state index contributed by atoms with van der Waals surface area (Å²) in [6, 6.07) is 14.8. The van der Waals surface area contributed by atoms with Gasteiger partial charge in [0, 0.05) is 29.9 Å². The number of carbonyl (C=O) groups excluding carboxylic acids is 1. The number of nitrogens with zero attached hydrogens (tertiary/aromatic N) is 2. The molecule has 1 amide bonds. The molecule has 0 bridgehead atoms. The number of rotatable bonds is 5. The van der Waals surface area contributed by atoms with E-state index in [0.29, 0.717) is 39.6 Å². The van der Waals surface area contributed by atoms with Crippen molar-refractivity contribution in [3.8, 4) is 17.3 Å². The molecule has 0 atom stereocenters. The number of oxazole rings is 1. The molecular weight excluding hydrogens is 361 g/mol. The number of aromatic nitrogens is 2. The van der Waals surface area contributed by atoms with Crippen molar-refractivity contribution in [2.24, 2.45) is 0 Å². The van der Waals surface area contributed by atoms with Gasteiger partial charge >= 0.3 is 0 Å². The van der Waals surface area contributed by atoms with Gasteiger partial charge in [0.05, 0.1) is 12.7 Å². The standard InChI is InChI=1S/C21H16FN3O3/c1-27-19-9-7-15(12-23-19)21-25-17-10-13(6-8-18(17)28-21)20(26)24-11-14-4-2-3-5-16(14)22/h2-10,12H,11H2,1H3,(H,24,26). The van der Waals surface area contributed by atoms with Gasteiger partial charge in [-0.15, -0.1) is 0 Å². The van der Waals surface area contributed by atoms with Crippen LogP contribution in [0.25, 0.3) is 22.6 Å². The summed E-state index contributed by atoms with van der Waals surface area (Å²) in [6.45, 7) is 0.102. The molecule has 4 rings (SSSR count). The molecule has 0 aliphatic rings. The molecule has 0 fully saturated rings. The number of pyridine rings is 1. The summed E-state index contributed by atoms with van der Waals surface area (Å²) in [7, 11) is 1.54. The molecule has 0 saturated heterocycles. The Balaban J connectivity index is 1.53. The first-order chi connectivity index (χ1) is 13.6. The SMILES string of the molecule is COc1ccc(-c2nc3cc(C(=O)NCc4ccccc4F)ccc3o2)cn1. The maximum Gasteiger partial charge on any atom is 0.251 e. The second-order valence-electron chi connectivity index (χ2n) is 6.06. The maximum absolute atomic E-state index is 13.7. The van der Waals surface area contributed by atoms with Gasteiger partial charge < -0.3 is 14.5 Å². The fraction of sp³-hybridized carbons (Fsp3) is 0.0952. The average Bonchev–Trinajstić information content (AvgIpc) is 3.16. The molecule has 2 aromatic carbocycles. The number of nitrogens with one attached hydrogen (secondary N) is 1. The van der Waals surface area contributed by atoms with Crippen molar-refractivity contribution >= 4 is 17.0 Å². The predicted octanol–water partition coefficient (Wildman–Crippen LogP) is 3.97. The second kappa shape index (κ2) is 7.48. The molecule has 0 radical (unpaired) electrons. The Morgan fingerprint density at radius 3 is 2.79 bits per heavy atom. The van der Waals surface area contributed by atoms with Gasteiger partial charge in [0.15, 0.2) is 5.58 Å². The normalized spacial score (nSPS) is 10.8. The Morgan fingerprint density at radius 1 is 1.18 bits per heavy atom. The van der Waals surface area contributed by atoms with Gasteiger partial charge in [0.1, 0.15) is 11.3 Å². The summed E-state index contributed by atoms with van der Waals surface area (Å²) in [5, 5.41) is 2.71. The first kappa shape index (κ1) is 17.7. The van der Waals surface area contributed by atoms with E-state index in [-0.39, 0.29) is 18.3 Å². The zero-order valence-corrected chi connectivity index (χ0v) is 15.0. The van der Waals surface area contributed by atoms with Crippen LogP contribution in [0, 0.1) is 5.82 Å². The number of methoxy groups -OCH3 is 1. The van der Waals surface area contributed by atoms with Crippen molar-refractivity contribution in [3.05, 3.63) is 77.7 Å². The minimum Gasteiger partial charge on any atom is -0.481 e. The third-order valence-corrected chi connectivity index (χ3v) is 4.24. The lowest BCUT2D eigenvalue weighted by Crippen LogP contribution is -2.23. The summed E-state index contributed by atoms with van der Waals surface area (Å²) in [5.41, 5.74) is 2.63. The number of amides is 1. The van der Waals surface area contributed by atoms with Gasteiger partial charge in [0.25, 0.3) is 5.91 Å². The van der Waals surface area contributed by atoms with Crippen LogP contribution in [0.3, 0.4) is 0 Å². The fourth-order valence-electron chi connectivity index (χ4n) is 2.74. The second-order valence-corrected chi connectivity index (χ2v) is 6.06. The third-order valence-electron chi connectivity index (χ3n) is 4.24. The Morgan fingerprint density at radius 2 is 2.04 bits per heavy atom. The zero-order valence-electron chi connectivity index (χ0n) is 15.0. The van der Waals surface area contributed by atoms with E-state index in [4.69, 9.17) is 9.15 Å². The smallest absolute Gasteiger partial charge is 0.251 e. The zero-order chi connectivity index (χ0) is 19.5. The van der Waals surface area contributed by atoms with Gasteiger partial charge in [0.2, 0.25) is 11.8 Å². The molecule has 28 heavy (non-hydrogen) atoms. The molecule has 0 spiro atoms. The van der Waals surface area contributed by atoms with E-state index in [1.165, 1.54) is 6.07 Å². The van der Waals surface area contributed by atoms with Crippen LogP contribution in [0.4, 0.5) is 4.39 Å². The summed E-state index contributed by atoms with van der Waals surface area (Å²) >= 11 is 0. The van der Waals surface area contributed by atoms with Crippen molar-refractivity contribution in [2.75, 3.05) is 7.11 Å². The van der Waals surface area contributed by atoms with Crippen LogP contribution in [-0.4, -0.2) is 23.0 Å². The number of ether oxygens (including phenoxy) is 1. The van der Waals surface area contributed by atoms with Crippen LogP contribution in [0.1, 0.15) is 15.9 Å². The first-order valence-corrected chi connectivity index (χ1v) is 8.56. The van der Waals surface area contributed by atoms with E-state index in [1.54, 1.807) is 61.8 Å². The van der Waals surface area contributed by atoms with Gasteiger partial charge in [-0.1, -0.05) is 18.2 Å². The van der Waals surface area contributed by atoms with E-state index in [9.17, 15) is 9.18 Å². The third kappa shape index (κ3) is 3.55. The first-order valence-electron chi connectivity index (χ1n) is 8.56. The molecule has 2 aromatic heterocycles. The minimum absolute atomic E-state index is 0.102. The topological polar surface area (TPSA) is 77.2 Å². The molecule has 140 valence electrons. The number of hydrogen-bond donors (Lipinski definition) is 1. The van der Waals surface area contributed by atoms with E-state index < -0.39 is 0 Å². The van der Waals surface area contributed by atoms with Gasteiger partial charge in [-0.3, -0.25) is 4.79 Å². The molecule has 4 aromatic rings. The lowest BCUT2D eigenvalue weighted by atomic mass is 10.1. The summed E-state index contributed by atoms with van der Waals surface area (Å²) in [5.74, 6) is 0.219. The molecule has 7 heteroatoms. The number of hydrogen-bond acceptors (Lipinski definition) is 5. The molecule has 0 unspecified atom stereocenters. The van der Waals surface area contributed by atoms with E-state index in [1.807, 2.05) is 0 Å². The Hall–Kier alpha value is -3.74. The monoisotopic (exact) mass is 377 g/mol. The van der Waals surface area contributed by atoms with Crippen molar-refractivity contribution in [1.29, 1.82) is 0 Å². The lowest BCUT2D eigenvalue weighted by Gasteiger charge is -2.06. The number of halogens is 1. The van der Waals surface area contributed by atoms with Crippen molar-refractivity contribution in [3.63, 3.8) is 0 Å². The lowest BCUT2D eigenvalue weighted by molar-refractivity contribution is 0.0950. The molecular formula is C21H16FN3O3. The molecule has 0 saturated carbocycles. The quantitative estimate of drug-likeness (QED) is 0.569. The van der Waals surface area contributed by atoms with Crippen LogP contribution < -0.4 is 10.1 Å². The highest BCUT2D eigenvalue weighted by atomic mass is 19.1. The number of carbonyl (C=O) groups is 1. The highest BCUT2D eigenvalue weighted by Crippen LogP contribution is 2.25. The fourth-order valence-corrected chi connectivity index (χ4v) is 2.74. The predicted molar refractivity (Wildman–Crippen MR) is 101 cm³/mol.